The van der Waals surface area contributed by atoms with E-state index >= 15 is 0 Å². The van der Waals surface area contributed by atoms with Crippen LogP contribution in [0.5, 0.6) is 0 Å². The van der Waals surface area contributed by atoms with Gasteiger partial charge in [0.15, 0.2) is 4.90 Å². The van der Waals surface area contributed by atoms with Gasteiger partial charge in [0.05, 0.1) is 4.92 Å². The lowest BCUT2D eigenvalue weighted by Crippen LogP contribution is -2.37. The van der Waals surface area contributed by atoms with Crippen molar-refractivity contribution in [2.75, 3.05) is 0 Å². The smallest absolute Gasteiger partial charge is 0.258 e. The highest BCUT2D eigenvalue weighted by Crippen LogP contribution is 2.28. The molecular weight excluding hydrogens is 328 g/mol. The van der Waals surface area contributed by atoms with Crippen LogP contribution in [0.4, 0.5) is 5.69 Å². The molecule has 0 amide bonds. The zero-order chi connectivity index (χ0) is 17.7. The molecule has 0 aromatic heterocycles. The third kappa shape index (κ3) is 3.69. The lowest BCUT2D eigenvalue weighted by atomic mass is 10.2. The zero-order valence-corrected chi connectivity index (χ0v) is 14.0. The number of hydrogen-bond donors (Lipinski definition) is 0. The Hall–Kier alpha value is -2.51. The summed E-state index contributed by atoms with van der Waals surface area (Å²) in [6.45, 7) is 5.43. The van der Waals surface area contributed by atoms with Gasteiger partial charge >= 0.3 is 0 Å². The van der Waals surface area contributed by atoms with Crippen LogP contribution in [0.2, 0.25) is 0 Å². The summed E-state index contributed by atoms with van der Waals surface area (Å²) in [5, 5.41) is 11.2. The Kier molecular flexibility index (Phi) is 5.48. The third-order valence-corrected chi connectivity index (χ3v) is 5.61. The first-order chi connectivity index (χ1) is 11.4. The molecule has 2 rings (SSSR count). The molecule has 0 unspecified atom stereocenters. The maximum atomic E-state index is 13.0. The summed E-state index contributed by atoms with van der Waals surface area (Å²) in [6, 6.07) is 13.9. The van der Waals surface area contributed by atoms with Crippen molar-refractivity contribution in [3.05, 3.63) is 82.9 Å². The van der Waals surface area contributed by atoms with Gasteiger partial charge in [-0.3, -0.25) is 10.1 Å². The molecule has 0 saturated heterocycles. The summed E-state index contributed by atoms with van der Waals surface area (Å²) in [4.78, 5) is 10.2. The average molecular weight is 346 g/mol. The summed E-state index contributed by atoms with van der Waals surface area (Å²) in [5.74, 6) is 0. The third-order valence-electron chi connectivity index (χ3n) is 3.63. The number of nitro groups is 1. The predicted molar refractivity (Wildman–Crippen MR) is 91.9 cm³/mol. The molecule has 0 aliphatic carbocycles. The van der Waals surface area contributed by atoms with Gasteiger partial charge in [0, 0.05) is 18.7 Å². The molecule has 7 heteroatoms. The van der Waals surface area contributed by atoms with Gasteiger partial charge in [-0.25, -0.2) is 8.42 Å². The second-order valence-electron chi connectivity index (χ2n) is 5.24. The average Bonchev–Trinajstić information content (AvgIpc) is 2.59. The Balaban J connectivity index is 2.53. The molecule has 0 heterocycles. The quantitative estimate of drug-likeness (QED) is 0.437. The second-order valence-corrected chi connectivity index (χ2v) is 7.10. The van der Waals surface area contributed by atoms with Gasteiger partial charge in [-0.1, -0.05) is 48.5 Å². The minimum atomic E-state index is -4.07. The summed E-state index contributed by atoms with van der Waals surface area (Å²) in [7, 11) is -4.07. The van der Waals surface area contributed by atoms with Gasteiger partial charge in [0.25, 0.3) is 15.7 Å². The Morgan fingerprint density at radius 2 is 1.75 bits per heavy atom. The van der Waals surface area contributed by atoms with E-state index in [1.807, 2.05) is 18.2 Å². The van der Waals surface area contributed by atoms with Gasteiger partial charge in [-0.05, 0) is 18.6 Å². The number of rotatable bonds is 7. The number of hydrogen-bond acceptors (Lipinski definition) is 4. The monoisotopic (exact) mass is 346 g/mol. The maximum Gasteiger partial charge on any atom is 0.289 e. The van der Waals surface area contributed by atoms with Crippen molar-refractivity contribution in [3.8, 4) is 0 Å². The molecule has 126 valence electrons. The lowest BCUT2D eigenvalue weighted by Gasteiger charge is -2.26. The van der Waals surface area contributed by atoms with Crippen LogP contribution in [0.3, 0.4) is 0 Å². The van der Waals surface area contributed by atoms with Crippen molar-refractivity contribution in [1.29, 1.82) is 0 Å². The molecular formula is C17H18N2O4S. The van der Waals surface area contributed by atoms with Crippen LogP contribution >= 0.6 is 0 Å². The Bertz CT molecular complexity index is 835. The van der Waals surface area contributed by atoms with Gasteiger partial charge in [0.2, 0.25) is 0 Å². The Morgan fingerprint density at radius 3 is 2.33 bits per heavy atom. The Morgan fingerprint density at radius 1 is 1.17 bits per heavy atom. The summed E-state index contributed by atoms with van der Waals surface area (Å²) in [6.07, 6.45) is 1.50. The highest BCUT2D eigenvalue weighted by atomic mass is 32.2. The van der Waals surface area contributed by atoms with E-state index in [0.29, 0.717) is 0 Å². The number of sulfonamides is 1. The molecule has 0 bridgehead atoms. The van der Waals surface area contributed by atoms with Gasteiger partial charge in [-0.2, -0.15) is 4.31 Å². The number of nitrogens with zero attached hydrogens (tertiary/aromatic N) is 2. The first kappa shape index (κ1) is 17.8. The SMILES string of the molecule is C=C[C@@H](C)N(Cc1ccccc1)S(=O)(=O)c1ccccc1[N+](=O)[O-]. The molecule has 6 nitrogen and oxygen atoms in total. The van der Waals surface area contributed by atoms with Crippen LogP contribution in [0.15, 0.2) is 72.1 Å². The fourth-order valence-electron chi connectivity index (χ4n) is 2.28. The number of para-hydroxylation sites is 1. The molecule has 0 spiro atoms. The van der Waals surface area contributed by atoms with Crippen LogP contribution in [0.1, 0.15) is 12.5 Å². The van der Waals surface area contributed by atoms with Gasteiger partial charge in [-0.15, -0.1) is 6.58 Å². The van der Waals surface area contributed by atoms with E-state index in [1.54, 1.807) is 19.1 Å². The van der Waals surface area contributed by atoms with Crippen molar-refractivity contribution in [1.82, 2.24) is 4.31 Å². The van der Waals surface area contributed by atoms with E-state index in [4.69, 9.17) is 0 Å². The summed E-state index contributed by atoms with van der Waals surface area (Å²) >= 11 is 0. The zero-order valence-electron chi connectivity index (χ0n) is 13.2. The van der Waals surface area contributed by atoms with Gasteiger partial charge < -0.3 is 0 Å². The largest absolute Gasteiger partial charge is 0.289 e. The van der Waals surface area contributed by atoms with E-state index in [-0.39, 0.29) is 11.4 Å². The van der Waals surface area contributed by atoms with Crippen molar-refractivity contribution < 1.29 is 13.3 Å². The van der Waals surface area contributed by atoms with Crippen molar-refractivity contribution in [3.63, 3.8) is 0 Å². The van der Waals surface area contributed by atoms with Crippen molar-refractivity contribution in [2.45, 2.75) is 24.4 Å². The maximum absolute atomic E-state index is 13.0. The summed E-state index contributed by atoms with van der Waals surface area (Å²) < 4.78 is 27.3. The van der Waals surface area contributed by atoms with Crippen LogP contribution in [-0.2, 0) is 16.6 Å². The molecule has 0 N–H and O–H groups in total. The van der Waals surface area contributed by atoms with Crippen LogP contribution < -0.4 is 0 Å². The molecule has 24 heavy (non-hydrogen) atoms. The lowest BCUT2D eigenvalue weighted by molar-refractivity contribution is -0.387. The minimum absolute atomic E-state index is 0.0996. The molecule has 1 atom stereocenters. The molecule has 0 aliphatic heterocycles. The second kappa shape index (κ2) is 7.37. The minimum Gasteiger partial charge on any atom is -0.258 e. The topological polar surface area (TPSA) is 80.5 Å². The van der Waals surface area contributed by atoms with Crippen molar-refractivity contribution in [2.24, 2.45) is 0 Å². The molecule has 0 saturated carbocycles. The standard InChI is InChI=1S/C17H18N2O4S/c1-3-14(2)18(13-15-9-5-4-6-10-15)24(22,23)17-12-8-7-11-16(17)19(20)21/h3-12,14H,1,13H2,2H3/t14-/m1/s1. The first-order valence-electron chi connectivity index (χ1n) is 7.29. The van der Waals surface area contributed by atoms with Gasteiger partial charge in [0.1, 0.15) is 0 Å². The van der Waals surface area contributed by atoms with Crippen molar-refractivity contribution >= 4 is 15.7 Å². The van der Waals surface area contributed by atoms with Crippen LogP contribution in [0, 0.1) is 10.1 Å². The van der Waals surface area contributed by atoms with E-state index in [2.05, 4.69) is 6.58 Å². The molecule has 0 aliphatic rings. The van der Waals surface area contributed by atoms with E-state index < -0.39 is 26.7 Å². The fraction of sp³-hybridized carbons (Fsp3) is 0.176. The number of nitro benzene ring substituents is 1. The van der Waals surface area contributed by atoms with E-state index in [9.17, 15) is 18.5 Å². The number of benzene rings is 2. The van der Waals surface area contributed by atoms with Crippen LogP contribution in [-0.4, -0.2) is 23.7 Å². The van der Waals surface area contributed by atoms with E-state index in [0.717, 1.165) is 5.56 Å². The fourth-order valence-corrected chi connectivity index (χ4v) is 4.03. The molecule has 0 radical (unpaired) electrons. The highest BCUT2D eigenvalue weighted by Gasteiger charge is 2.33. The normalized spacial score (nSPS) is 12.8. The summed E-state index contributed by atoms with van der Waals surface area (Å²) in [5.41, 5.74) is 0.347. The van der Waals surface area contributed by atoms with E-state index in [1.165, 1.54) is 34.6 Å². The molecule has 2 aromatic rings. The van der Waals surface area contributed by atoms with Crippen LogP contribution in [0.25, 0.3) is 0 Å². The first-order valence-corrected chi connectivity index (χ1v) is 8.73. The predicted octanol–water partition coefficient (Wildman–Crippen LogP) is 3.36. The highest BCUT2D eigenvalue weighted by molar-refractivity contribution is 7.89. The molecule has 2 aromatic carbocycles. The molecule has 0 fully saturated rings. The Labute approximate surface area is 141 Å².